The zero-order chi connectivity index (χ0) is 15.8. The number of rotatable bonds is 1. The van der Waals surface area contributed by atoms with Gasteiger partial charge in [-0.2, -0.15) is 0 Å². The van der Waals surface area contributed by atoms with Crippen molar-refractivity contribution >= 4 is 12.1 Å². The number of carbonyl (C=O) groups excluding carboxylic acids is 1. The van der Waals surface area contributed by atoms with Crippen LogP contribution in [0, 0.1) is 6.92 Å². The highest BCUT2D eigenvalue weighted by Gasteiger charge is 2.36. The number of benzene rings is 1. The summed E-state index contributed by atoms with van der Waals surface area (Å²) in [6.45, 7) is 7.53. The third-order valence-corrected chi connectivity index (χ3v) is 3.41. The van der Waals surface area contributed by atoms with Crippen molar-refractivity contribution in [1.82, 2.24) is 4.90 Å². The molecule has 1 atom stereocenters. The van der Waals surface area contributed by atoms with Crippen LogP contribution in [0.2, 0.25) is 0 Å². The van der Waals surface area contributed by atoms with Gasteiger partial charge >= 0.3 is 12.1 Å². The highest BCUT2D eigenvalue weighted by Crippen LogP contribution is 2.26. The minimum atomic E-state index is -1.01. The smallest absolute Gasteiger partial charge is 0.411 e. The second-order valence-electron chi connectivity index (χ2n) is 6.44. The Balaban J connectivity index is 2.30. The lowest BCUT2D eigenvalue weighted by atomic mass is 9.93. The number of nitrogens with zero attached hydrogens (tertiary/aromatic N) is 1. The first-order valence-corrected chi connectivity index (χ1v) is 6.98. The van der Waals surface area contributed by atoms with E-state index in [2.05, 4.69) is 0 Å². The molecule has 0 aromatic heterocycles. The zero-order valence-electron chi connectivity index (χ0n) is 12.8. The van der Waals surface area contributed by atoms with Crippen molar-refractivity contribution < 1.29 is 19.4 Å². The number of hydrogen-bond donors (Lipinski definition) is 1. The van der Waals surface area contributed by atoms with Gasteiger partial charge < -0.3 is 9.84 Å². The maximum atomic E-state index is 12.2. The van der Waals surface area contributed by atoms with Gasteiger partial charge in [-0.05, 0) is 38.8 Å². The van der Waals surface area contributed by atoms with Crippen molar-refractivity contribution in [3.8, 4) is 0 Å². The SMILES string of the molecule is Cc1ccc2c(c1)CC(C(=O)O)N(C(=O)OC(C)(C)C)C2. The number of ether oxygens (including phenoxy) is 1. The van der Waals surface area contributed by atoms with Gasteiger partial charge in [-0.1, -0.05) is 23.8 Å². The molecule has 0 radical (unpaired) electrons. The van der Waals surface area contributed by atoms with Gasteiger partial charge in [0.15, 0.2) is 0 Å². The maximum Gasteiger partial charge on any atom is 0.411 e. The fraction of sp³-hybridized carbons (Fsp3) is 0.500. The molecule has 5 heteroatoms. The molecule has 5 nitrogen and oxygen atoms in total. The second-order valence-corrected chi connectivity index (χ2v) is 6.44. The van der Waals surface area contributed by atoms with Crippen LogP contribution < -0.4 is 0 Å². The molecule has 114 valence electrons. The van der Waals surface area contributed by atoms with E-state index in [9.17, 15) is 14.7 Å². The van der Waals surface area contributed by atoms with Gasteiger partial charge in [-0.3, -0.25) is 4.90 Å². The number of hydrogen-bond acceptors (Lipinski definition) is 3. The van der Waals surface area contributed by atoms with E-state index in [-0.39, 0.29) is 6.54 Å². The molecule has 1 heterocycles. The molecule has 0 saturated carbocycles. The molecule has 0 saturated heterocycles. The van der Waals surface area contributed by atoms with Crippen LogP contribution in [0.4, 0.5) is 4.79 Å². The molecule has 0 aliphatic carbocycles. The molecule has 1 amide bonds. The molecule has 21 heavy (non-hydrogen) atoms. The summed E-state index contributed by atoms with van der Waals surface area (Å²) in [6.07, 6.45) is -0.271. The van der Waals surface area contributed by atoms with Crippen LogP contribution >= 0.6 is 0 Å². The number of aliphatic carboxylic acids is 1. The van der Waals surface area contributed by atoms with Gasteiger partial charge in [0.25, 0.3) is 0 Å². The molecule has 1 unspecified atom stereocenters. The lowest BCUT2D eigenvalue weighted by Gasteiger charge is -2.35. The van der Waals surface area contributed by atoms with E-state index in [0.717, 1.165) is 16.7 Å². The van der Waals surface area contributed by atoms with Crippen LogP contribution in [-0.2, 0) is 22.5 Å². The Labute approximate surface area is 124 Å². The summed E-state index contributed by atoms with van der Waals surface area (Å²) in [5.41, 5.74) is 2.41. The molecule has 1 N–H and O–H groups in total. The number of aryl methyl sites for hydroxylation is 1. The molecular weight excluding hydrogens is 270 g/mol. The van der Waals surface area contributed by atoms with Gasteiger partial charge in [0.2, 0.25) is 0 Å². The highest BCUT2D eigenvalue weighted by atomic mass is 16.6. The number of carboxylic acids is 1. The Morgan fingerprint density at radius 2 is 1.95 bits per heavy atom. The molecule has 1 aromatic carbocycles. The summed E-state index contributed by atoms with van der Waals surface area (Å²) in [4.78, 5) is 25.0. The third kappa shape index (κ3) is 3.54. The van der Waals surface area contributed by atoms with Gasteiger partial charge in [0.05, 0.1) is 6.54 Å². The van der Waals surface area contributed by atoms with Gasteiger partial charge in [0, 0.05) is 6.42 Å². The molecular formula is C16H21NO4. The quantitative estimate of drug-likeness (QED) is 0.864. The minimum Gasteiger partial charge on any atom is -0.480 e. The van der Waals surface area contributed by atoms with Crippen LogP contribution in [-0.4, -0.2) is 33.7 Å². The molecule has 0 spiro atoms. The fourth-order valence-corrected chi connectivity index (χ4v) is 2.44. The van der Waals surface area contributed by atoms with Gasteiger partial charge in [0.1, 0.15) is 11.6 Å². The van der Waals surface area contributed by atoms with E-state index in [0.29, 0.717) is 6.42 Å². The first-order valence-electron chi connectivity index (χ1n) is 6.98. The van der Waals surface area contributed by atoms with Crippen molar-refractivity contribution in [3.63, 3.8) is 0 Å². The Morgan fingerprint density at radius 3 is 2.52 bits per heavy atom. The Bertz CT molecular complexity index is 574. The van der Waals surface area contributed by atoms with E-state index in [1.165, 1.54) is 4.90 Å². The fourth-order valence-electron chi connectivity index (χ4n) is 2.44. The molecule has 2 rings (SSSR count). The van der Waals surface area contributed by atoms with Crippen LogP contribution in [0.3, 0.4) is 0 Å². The summed E-state index contributed by atoms with van der Waals surface area (Å²) in [5, 5.41) is 9.40. The van der Waals surface area contributed by atoms with Crippen molar-refractivity contribution in [2.24, 2.45) is 0 Å². The second kappa shape index (κ2) is 5.39. The van der Waals surface area contributed by atoms with Crippen LogP contribution in [0.5, 0.6) is 0 Å². The predicted octanol–water partition coefficient (Wildman–Crippen LogP) is 2.74. The van der Waals surface area contributed by atoms with Crippen LogP contribution in [0.25, 0.3) is 0 Å². The van der Waals surface area contributed by atoms with Gasteiger partial charge in [-0.25, -0.2) is 9.59 Å². The Morgan fingerprint density at radius 1 is 1.29 bits per heavy atom. The Hall–Kier alpha value is -2.04. The molecule has 1 aromatic rings. The van der Waals surface area contributed by atoms with Crippen molar-refractivity contribution in [2.45, 2.75) is 52.3 Å². The maximum absolute atomic E-state index is 12.2. The highest BCUT2D eigenvalue weighted by molar-refractivity contribution is 5.81. The van der Waals surface area contributed by atoms with Crippen molar-refractivity contribution in [3.05, 3.63) is 34.9 Å². The zero-order valence-corrected chi connectivity index (χ0v) is 12.8. The van der Waals surface area contributed by atoms with E-state index in [1.54, 1.807) is 20.8 Å². The number of amides is 1. The van der Waals surface area contributed by atoms with Crippen LogP contribution in [0.1, 0.15) is 37.5 Å². The summed E-state index contributed by atoms with van der Waals surface area (Å²) >= 11 is 0. The lowest BCUT2D eigenvalue weighted by molar-refractivity contribution is -0.143. The standard InChI is InChI=1S/C16H21NO4/c1-10-5-6-11-9-17(15(20)21-16(2,3)4)13(14(18)19)8-12(11)7-10/h5-7,13H,8-9H2,1-4H3,(H,18,19). The summed E-state index contributed by atoms with van der Waals surface area (Å²) in [5.74, 6) is -1.01. The third-order valence-electron chi connectivity index (χ3n) is 3.41. The average molecular weight is 291 g/mol. The normalized spacial score (nSPS) is 18.1. The number of carbonyl (C=O) groups is 2. The van der Waals surface area contributed by atoms with E-state index in [4.69, 9.17) is 4.74 Å². The summed E-state index contributed by atoms with van der Waals surface area (Å²) < 4.78 is 5.32. The lowest BCUT2D eigenvalue weighted by Crippen LogP contribution is -2.50. The van der Waals surface area contributed by atoms with Crippen LogP contribution in [0.15, 0.2) is 18.2 Å². The van der Waals surface area contributed by atoms with Gasteiger partial charge in [-0.15, -0.1) is 0 Å². The predicted molar refractivity (Wildman–Crippen MR) is 78.1 cm³/mol. The first-order chi connectivity index (χ1) is 9.67. The Kier molecular flexibility index (Phi) is 3.94. The van der Waals surface area contributed by atoms with Crippen molar-refractivity contribution in [2.75, 3.05) is 0 Å². The molecule has 1 aliphatic rings. The van der Waals surface area contributed by atoms with E-state index in [1.807, 2.05) is 25.1 Å². The molecule has 1 aliphatic heterocycles. The monoisotopic (exact) mass is 291 g/mol. The first kappa shape index (κ1) is 15.4. The summed E-state index contributed by atoms with van der Waals surface area (Å²) in [7, 11) is 0. The minimum absolute atomic E-state index is 0.265. The largest absolute Gasteiger partial charge is 0.480 e. The average Bonchev–Trinajstić information content (AvgIpc) is 2.34. The molecule has 0 fully saturated rings. The van der Waals surface area contributed by atoms with E-state index >= 15 is 0 Å². The topological polar surface area (TPSA) is 66.8 Å². The summed E-state index contributed by atoms with van der Waals surface area (Å²) in [6, 6.07) is 5.01. The van der Waals surface area contributed by atoms with Crippen molar-refractivity contribution in [1.29, 1.82) is 0 Å². The molecule has 0 bridgehead atoms. The van der Waals surface area contributed by atoms with E-state index < -0.39 is 23.7 Å². The number of fused-ring (bicyclic) bond motifs is 1. The number of carboxylic acid groups (broad SMARTS) is 1.